The zero-order valence-corrected chi connectivity index (χ0v) is 12.1. The van der Waals surface area contributed by atoms with Gasteiger partial charge in [0.25, 0.3) is 0 Å². The second-order valence-electron chi connectivity index (χ2n) is 5.13. The predicted molar refractivity (Wildman–Crippen MR) is 78.7 cm³/mol. The summed E-state index contributed by atoms with van der Waals surface area (Å²) in [6, 6.07) is 14.1. The van der Waals surface area contributed by atoms with E-state index in [1.54, 1.807) is 43.3 Å². The Labute approximate surface area is 130 Å². The molecule has 0 saturated heterocycles. The summed E-state index contributed by atoms with van der Waals surface area (Å²) in [5.74, 6) is -1.03. The Kier molecular flexibility index (Phi) is 3.67. The molecule has 1 heterocycles. The quantitative estimate of drug-likeness (QED) is 0.607. The highest BCUT2D eigenvalue weighted by Crippen LogP contribution is 2.38. The highest BCUT2D eigenvalue weighted by Gasteiger charge is 2.40. The number of benzene rings is 2. The molecule has 0 N–H and O–H groups in total. The fraction of sp³-hybridized carbons (Fsp3) is 0.118. The van der Waals surface area contributed by atoms with Crippen LogP contribution in [-0.2, 0) is 6.18 Å². The molecule has 0 aliphatic carbocycles. The molecule has 0 unspecified atom stereocenters. The van der Waals surface area contributed by atoms with Crippen molar-refractivity contribution in [1.29, 1.82) is 0 Å². The Morgan fingerprint density at radius 3 is 2.26 bits per heavy atom. The minimum Gasteiger partial charge on any atom is -0.206 e. The molecule has 0 atom stereocenters. The second-order valence-corrected chi connectivity index (χ2v) is 5.13. The van der Waals surface area contributed by atoms with Crippen LogP contribution < -0.4 is 0 Å². The third kappa shape index (κ3) is 2.84. The van der Waals surface area contributed by atoms with E-state index >= 15 is 0 Å². The molecule has 2 aromatic carbocycles. The molecule has 118 valence electrons. The van der Waals surface area contributed by atoms with Gasteiger partial charge in [0, 0.05) is 0 Å². The average Bonchev–Trinajstić information content (AvgIpc) is 2.86. The van der Waals surface area contributed by atoms with Crippen LogP contribution in [0.15, 0.2) is 54.6 Å². The molecule has 3 rings (SSSR count). The van der Waals surface area contributed by atoms with E-state index < -0.39 is 23.4 Å². The van der Waals surface area contributed by atoms with Gasteiger partial charge >= 0.3 is 6.18 Å². The number of rotatable bonds is 2. The highest BCUT2D eigenvalue weighted by atomic mass is 19.4. The second kappa shape index (κ2) is 5.53. The van der Waals surface area contributed by atoms with Crippen LogP contribution >= 0.6 is 0 Å². The van der Waals surface area contributed by atoms with Crippen molar-refractivity contribution < 1.29 is 17.6 Å². The zero-order valence-electron chi connectivity index (χ0n) is 12.1. The molecular weight excluding hydrogens is 308 g/mol. The van der Waals surface area contributed by atoms with Crippen LogP contribution in [0.1, 0.15) is 11.3 Å². The minimum absolute atomic E-state index is 0.135. The van der Waals surface area contributed by atoms with Gasteiger partial charge in [-0.3, -0.25) is 0 Å². The lowest BCUT2D eigenvalue weighted by Gasteiger charge is -2.05. The summed E-state index contributed by atoms with van der Waals surface area (Å²) < 4.78 is 55.3. The number of hydrogen-bond donors (Lipinski definition) is 0. The van der Waals surface area contributed by atoms with Gasteiger partial charge in [0.15, 0.2) is 5.69 Å². The van der Waals surface area contributed by atoms with E-state index in [1.807, 2.05) is 0 Å². The lowest BCUT2D eigenvalue weighted by molar-refractivity contribution is -0.140. The zero-order chi connectivity index (χ0) is 16.6. The number of nitrogens with zero attached hydrogens (tertiary/aromatic N) is 2. The molecule has 0 saturated carbocycles. The summed E-state index contributed by atoms with van der Waals surface area (Å²) in [7, 11) is 0. The maximum Gasteiger partial charge on any atom is 0.435 e. The SMILES string of the molecule is Cc1cccc(-n2nc(C(F)(F)F)c(-c3ccccc3)c2F)c1. The van der Waals surface area contributed by atoms with Gasteiger partial charge in [0.1, 0.15) is 0 Å². The third-order valence-corrected chi connectivity index (χ3v) is 3.41. The molecule has 0 fully saturated rings. The van der Waals surface area contributed by atoms with E-state index in [2.05, 4.69) is 5.10 Å². The van der Waals surface area contributed by atoms with Gasteiger partial charge < -0.3 is 0 Å². The van der Waals surface area contributed by atoms with Crippen molar-refractivity contribution in [2.75, 3.05) is 0 Å². The van der Waals surface area contributed by atoms with E-state index in [0.717, 1.165) is 5.56 Å². The summed E-state index contributed by atoms with van der Waals surface area (Å²) in [6.45, 7) is 1.77. The molecule has 0 amide bonds. The van der Waals surface area contributed by atoms with Crippen LogP contribution in [-0.4, -0.2) is 9.78 Å². The minimum atomic E-state index is -4.75. The Morgan fingerprint density at radius 1 is 0.957 bits per heavy atom. The summed E-state index contributed by atoms with van der Waals surface area (Å²) in [4.78, 5) is 0. The predicted octanol–water partition coefficient (Wildman–Crippen LogP) is 5.01. The lowest BCUT2D eigenvalue weighted by atomic mass is 10.1. The normalized spacial score (nSPS) is 11.7. The third-order valence-electron chi connectivity index (χ3n) is 3.41. The fourth-order valence-corrected chi connectivity index (χ4v) is 2.39. The molecule has 6 heteroatoms. The molecule has 0 radical (unpaired) electrons. The van der Waals surface area contributed by atoms with Gasteiger partial charge in [-0.2, -0.15) is 22.7 Å². The van der Waals surface area contributed by atoms with Crippen LogP contribution in [0.25, 0.3) is 16.8 Å². The summed E-state index contributed by atoms with van der Waals surface area (Å²) in [5, 5.41) is 3.49. The summed E-state index contributed by atoms with van der Waals surface area (Å²) in [6.07, 6.45) is -4.75. The van der Waals surface area contributed by atoms with Crippen molar-refractivity contribution in [2.24, 2.45) is 0 Å². The van der Waals surface area contributed by atoms with Crippen molar-refractivity contribution in [3.8, 4) is 16.8 Å². The standard InChI is InChI=1S/C17H12F4N2/c1-11-6-5-9-13(10-11)23-16(18)14(12-7-3-2-4-8-12)15(22-23)17(19,20)21/h2-10H,1H3. The Balaban J connectivity index is 2.27. The highest BCUT2D eigenvalue weighted by molar-refractivity contribution is 5.67. The van der Waals surface area contributed by atoms with Crippen LogP contribution in [0.2, 0.25) is 0 Å². The van der Waals surface area contributed by atoms with Crippen molar-refractivity contribution in [2.45, 2.75) is 13.1 Å². The van der Waals surface area contributed by atoms with Crippen molar-refractivity contribution in [3.05, 3.63) is 71.8 Å². The number of halogens is 4. The molecule has 2 nitrogen and oxygen atoms in total. The number of aromatic nitrogens is 2. The van der Waals surface area contributed by atoms with Gasteiger partial charge in [0.05, 0.1) is 11.3 Å². The Morgan fingerprint density at radius 2 is 1.65 bits per heavy atom. The first-order valence-electron chi connectivity index (χ1n) is 6.86. The maximum atomic E-state index is 14.7. The first-order valence-corrected chi connectivity index (χ1v) is 6.86. The Hall–Kier alpha value is -2.63. The molecule has 0 spiro atoms. The molecular formula is C17H12F4N2. The number of aryl methyl sites for hydroxylation is 1. The molecule has 23 heavy (non-hydrogen) atoms. The van der Waals surface area contributed by atoms with Crippen LogP contribution in [0.5, 0.6) is 0 Å². The maximum absolute atomic E-state index is 14.7. The summed E-state index contributed by atoms with van der Waals surface area (Å²) >= 11 is 0. The van der Waals surface area contributed by atoms with E-state index in [0.29, 0.717) is 4.68 Å². The Bertz CT molecular complexity index is 836. The largest absolute Gasteiger partial charge is 0.435 e. The number of alkyl halides is 3. The van der Waals surface area contributed by atoms with Gasteiger partial charge in [-0.1, -0.05) is 42.5 Å². The molecule has 1 aromatic heterocycles. The fourth-order valence-electron chi connectivity index (χ4n) is 2.39. The van der Waals surface area contributed by atoms with Gasteiger partial charge in [-0.25, -0.2) is 4.68 Å². The molecule has 0 bridgehead atoms. The van der Waals surface area contributed by atoms with E-state index in [-0.39, 0.29) is 11.3 Å². The monoisotopic (exact) mass is 320 g/mol. The number of hydrogen-bond acceptors (Lipinski definition) is 1. The van der Waals surface area contributed by atoms with E-state index in [9.17, 15) is 17.6 Å². The first-order chi connectivity index (χ1) is 10.9. The van der Waals surface area contributed by atoms with Crippen molar-refractivity contribution in [1.82, 2.24) is 9.78 Å². The van der Waals surface area contributed by atoms with Crippen LogP contribution in [0.4, 0.5) is 17.6 Å². The van der Waals surface area contributed by atoms with Crippen molar-refractivity contribution >= 4 is 0 Å². The smallest absolute Gasteiger partial charge is 0.206 e. The van der Waals surface area contributed by atoms with Gasteiger partial charge in [-0.15, -0.1) is 0 Å². The topological polar surface area (TPSA) is 17.8 Å². The summed E-state index contributed by atoms with van der Waals surface area (Å²) in [5.41, 5.74) is -0.596. The van der Waals surface area contributed by atoms with Crippen LogP contribution in [0.3, 0.4) is 0 Å². The van der Waals surface area contributed by atoms with E-state index in [4.69, 9.17) is 0 Å². The van der Waals surface area contributed by atoms with Crippen molar-refractivity contribution in [3.63, 3.8) is 0 Å². The molecule has 0 aliphatic rings. The lowest BCUT2D eigenvalue weighted by Crippen LogP contribution is -2.08. The first kappa shape index (κ1) is 15.3. The average molecular weight is 320 g/mol. The van der Waals surface area contributed by atoms with Gasteiger partial charge in [0.2, 0.25) is 5.95 Å². The van der Waals surface area contributed by atoms with Gasteiger partial charge in [-0.05, 0) is 30.2 Å². The molecule has 0 aliphatic heterocycles. The van der Waals surface area contributed by atoms with E-state index in [1.165, 1.54) is 18.2 Å². The molecule has 3 aromatic rings. The van der Waals surface area contributed by atoms with Crippen LogP contribution in [0, 0.1) is 12.9 Å².